The van der Waals surface area contributed by atoms with E-state index in [9.17, 15) is 19.1 Å². The van der Waals surface area contributed by atoms with Crippen molar-refractivity contribution >= 4 is 28.9 Å². The molecule has 5 rings (SSSR count). The van der Waals surface area contributed by atoms with E-state index in [-0.39, 0.29) is 17.3 Å². The van der Waals surface area contributed by atoms with Gasteiger partial charge in [-0.15, -0.1) is 11.3 Å². The van der Waals surface area contributed by atoms with Crippen LogP contribution in [0.4, 0.5) is 10.1 Å². The number of carbonyl (C=O) groups is 2. The van der Waals surface area contributed by atoms with E-state index in [1.165, 1.54) is 23.5 Å². The second kappa shape index (κ2) is 10.3. The highest BCUT2D eigenvalue weighted by molar-refractivity contribution is 7.07. The van der Waals surface area contributed by atoms with Crippen LogP contribution in [-0.4, -0.2) is 39.5 Å². The highest BCUT2D eigenvalue weighted by Gasteiger charge is 2.33. The number of amides is 1. The van der Waals surface area contributed by atoms with E-state index in [4.69, 9.17) is 0 Å². The third-order valence-electron chi connectivity index (χ3n) is 6.28. The Morgan fingerprint density at radius 1 is 1.11 bits per heavy atom. The first-order valence-electron chi connectivity index (χ1n) is 11.5. The van der Waals surface area contributed by atoms with Gasteiger partial charge in [-0.05, 0) is 71.5 Å². The lowest BCUT2D eigenvalue weighted by Gasteiger charge is -2.25. The molecule has 0 bridgehead atoms. The van der Waals surface area contributed by atoms with E-state index in [1.807, 2.05) is 11.4 Å². The van der Waals surface area contributed by atoms with Gasteiger partial charge in [-0.25, -0.2) is 14.2 Å². The van der Waals surface area contributed by atoms with Crippen LogP contribution in [0, 0.1) is 5.82 Å². The van der Waals surface area contributed by atoms with Crippen LogP contribution in [0.2, 0.25) is 0 Å². The number of fused-ring (bicyclic) bond motifs is 1. The van der Waals surface area contributed by atoms with E-state index in [0.717, 1.165) is 16.8 Å². The van der Waals surface area contributed by atoms with E-state index >= 15 is 0 Å². The molecule has 1 atom stereocenters. The predicted molar refractivity (Wildman–Crippen MR) is 136 cm³/mol. The topological polar surface area (TPSA) is 95.4 Å². The number of benzene rings is 2. The number of halogens is 1. The predicted octanol–water partition coefficient (Wildman–Crippen LogP) is 4.33. The Hall–Kier alpha value is -3.95. The molecule has 1 amide bonds. The molecule has 0 aliphatic carbocycles. The van der Waals surface area contributed by atoms with Crippen LogP contribution in [0.25, 0.3) is 11.1 Å². The summed E-state index contributed by atoms with van der Waals surface area (Å²) in [5, 5.41) is 15.1. The van der Waals surface area contributed by atoms with Gasteiger partial charge in [0, 0.05) is 36.6 Å². The SMILES string of the molecule is O=C(O)c1cc(-c2ccncc2)cc2c1CCN2C(=O)C(Cc1ccc(F)cc1)NCc1cscn1. The molecule has 2 aromatic carbocycles. The van der Waals surface area contributed by atoms with Crippen LogP contribution >= 0.6 is 11.3 Å². The van der Waals surface area contributed by atoms with Crippen molar-refractivity contribution in [2.24, 2.45) is 0 Å². The fourth-order valence-electron chi connectivity index (χ4n) is 4.48. The molecular formula is C27H23FN4O3S. The van der Waals surface area contributed by atoms with Gasteiger partial charge >= 0.3 is 5.97 Å². The Kier molecular flexibility index (Phi) is 6.84. The summed E-state index contributed by atoms with van der Waals surface area (Å²) in [7, 11) is 0. The van der Waals surface area contributed by atoms with E-state index in [2.05, 4.69) is 15.3 Å². The van der Waals surface area contributed by atoms with Crippen molar-refractivity contribution in [2.45, 2.75) is 25.4 Å². The third kappa shape index (κ3) is 5.02. The fraction of sp³-hybridized carbons (Fsp3) is 0.185. The molecule has 0 saturated carbocycles. The first-order chi connectivity index (χ1) is 17.5. The monoisotopic (exact) mass is 502 g/mol. The molecule has 3 heterocycles. The first-order valence-corrected chi connectivity index (χ1v) is 12.4. The van der Waals surface area contributed by atoms with Gasteiger partial charge in [0.1, 0.15) is 5.82 Å². The van der Waals surface area contributed by atoms with Crippen LogP contribution in [-0.2, 0) is 24.2 Å². The van der Waals surface area contributed by atoms with Crippen molar-refractivity contribution in [3.63, 3.8) is 0 Å². The summed E-state index contributed by atoms with van der Waals surface area (Å²) in [5.41, 5.74) is 6.35. The summed E-state index contributed by atoms with van der Waals surface area (Å²) in [4.78, 5) is 36.0. The number of carboxylic acids is 1. The molecule has 36 heavy (non-hydrogen) atoms. The number of pyridine rings is 1. The fourth-order valence-corrected chi connectivity index (χ4v) is 5.04. The van der Waals surface area contributed by atoms with Gasteiger partial charge in [0.2, 0.25) is 5.91 Å². The van der Waals surface area contributed by atoms with Gasteiger partial charge in [0.15, 0.2) is 0 Å². The van der Waals surface area contributed by atoms with Crippen molar-refractivity contribution in [1.29, 1.82) is 0 Å². The molecule has 182 valence electrons. The summed E-state index contributed by atoms with van der Waals surface area (Å²) in [6, 6.07) is 12.6. The van der Waals surface area contributed by atoms with Crippen molar-refractivity contribution < 1.29 is 19.1 Å². The maximum Gasteiger partial charge on any atom is 0.336 e. The van der Waals surface area contributed by atoms with Crippen LogP contribution in [0.5, 0.6) is 0 Å². The molecule has 0 radical (unpaired) electrons. The summed E-state index contributed by atoms with van der Waals surface area (Å²) in [5.74, 6) is -1.53. The molecular weight excluding hydrogens is 479 g/mol. The maximum atomic E-state index is 13.9. The summed E-state index contributed by atoms with van der Waals surface area (Å²) in [6.07, 6.45) is 4.10. The quantitative estimate of drug-likeness (QED) is 0.372. The Labute approximate surface area is 211 Å². The molecule has 1 aliphatic rings. The molecule has 7 nitrogen and oxygen atoms in total. The molecule has 0 spiro atoms. The number of nitrogens with one attached hydrogen (secondary N) is 1. The van der Waals surface area contributed by atoms with Gasteiger partial charge in [-0.2, -0.15) is 0 Å². The highest BCUT2D eigenvalue weighted by Crippen LogP contribution is 2.36. The van der Waals surface area contributed by atoms with Crippen LogP contribution < -0.4 is 10.2 Å². The number of aromatic carboxylic acids is 1. The first kappa shape index (κ1) is 23.8. The van der Waals surface area contributed by atoms with Crippen molar-refractivity contribution in [3.8, 4) is 11.1 Å². The van der Waals surface area contributed by atoms with Gasteiger partial charge < -0.3 is 10.0 Å². The number of thiazole rings is 1. The molecule has 4 aromatic rings. The van der Waals surface area contributed by atoms with Gasteiger partial charge in [-0.1, -0.05) is 12.1 Å². The Bertz CT molecular complexity index is 1380. The average molecular weight is 503 g/mol. The van der Waals surface area contributed by atoms with Crippen molar-refractivity contribution in [2.75, 3.05) is 11.4 Å². The Morgan fingerprint density at radius 2 is 1.89 bits per heavy atom. The van der Waals surface area contributed by atoms with E-state index < -0.39 is 12.0 Å². The zero-order valence-electron chi connectivity index (χ0n) is 19.2. The number of nitrogens with zero attached hydrogens (tertiary/aromatic N) is 3. The van der Waals surface area contributed by atoms with Crippen LogP contribution in [0.3, 0.4) is 0 Å². The smallest absolute Gasteiger partial charge is 0.336 e. The standard InChI is InChI=1S/C27H23FN4O3S/c28-20-3-1-17(2-4-20)11-24(30-14-21-15-36-16-31-21)26(33)32-10-7-22-23(27(34)35)12-19(13-25(22)32)18-5-8-29-9-6-18/h1-6,8-9,12-13,15-16,24,30H,7,10-11,14H2,(H,34,35). The second-order valence-electron chi connectivity index (χ2n) is 8.55. The third-order valence-corrected chi connectivity index (χ3v) is 6.91. The number of anilines is 1. The average Bonchev–Trinajstić information content (AvgIpc) is 3.57. The Balaban J connectivity index is 1.48. The van der Waals surface area contributed by atoms with Crippen LogP contribution in [0.15, 0.2) is 71.8 Å². The molecule has 2 N–H and O–H groups in total. The zero-order valence-corrected chi connectivity index (χ0v) is 20.0. The number of rotatable bonds is 8. The number of hydrogen-bond donors (Lipinski definition) is 2. The van der Waals surface area contributed by atoms with Crippen LogP contribution in [0.1, 0.15) is 27.2 Å². The molecule has 0 fully saturated rings. The number of aromatic nitrogens is 2. The summed E-state index contributed by atoms with van der Waals surface area (Å²) >= 11 is 1.48. The lowest BCUT2D eigenvalue weighted by Crippen LogP contribution is -2.47. The molecule has 2 aromatic heterocycles. The molecule has 1 unspecified atom stereocenters. The van der Waals surface area contributed by atoms with Gasteiger partial charge in [0.25, 0.3) is 0 Å². The minimum atomic E-state index is -1.03. The van der Waals surface area contributed by atoms with E-state index in [1.54, 1.807) is 53.1 Å². The zero-order chi connectivity index (χ0) is 25.1. The maximum absolute atomic E-state index is 13.9. The largest absolute Gasteiger partial charge is 0.478 e. The van der Waals surface area contributed by atoms with E-state index in [0.29, 0.717) is 42.7 Å². The summed E-state index contributed by atoms with van der Waals surface area (Å²) < 4.78 is 13.5. The lowest BCUT2D eigenvalue weighted by atomic mass is 9.97. The second-order valence-corrected chi connectivity index (χ2v) is 9.26. The van der Waals surface area contributed by atoms with Gasteiger partial charge in [0.05, 0.1) is 22.8 Å². The molecule has 1 aliphatic heterocycles. The molecule has 0 saturated heterocycles. The summed E-state index contributed by atoms with van der Waals surface area (Å²) in [6.45, 7) is 0.784. The molecule has 9 heteroatoms. The van der Waals surface area contributed by atoms with Crippen molar-refractivity contribution in [1.82, 2.24) is 15.3 Å². The Morgan fingerprint density at radius 3 is 2.58 bits per heavy atom. The van der Waals surface area contributed by atoms with Crippen molar-refractivity contribution in [3.05, 3.63) is 100 Å². The lowest BCUT2D eigenvalue weighted by molar-refractivity contribution is -0.120. The number of carboxylic acid groups (broad SMARTS) is 1. The normalized spacial score (nSPS) is 13.4. The number of carbonyl (C=O) groups excluding carboxylic acids is 1. The minimum absolute atomic E-state index is 0.170. The minimum Gasteiger partial charge on any atom is -0.478 e. The highest BCUT2D eigenvalue weighted by atomic mass is 32.1. The number of hydrogen-bond acceptors (Lipinski definition) is 6. The van der Waals surface area contributed by atoms with Gasteiger partial charge in [-0.3, -0.25) is 15.1 Å².